The first kappa shape index (κ1) is 10.7. The fourth-order valence-electron chi connectivity index (χ4n) is 1.97. The molecule has 0 saturated carbocycles. The van der Waals surface area contributed by atoms with Gasteiger partial charge in [-0.2, -0.15) is 0 Å². The third kappa shape index (κ3) is 1.69. The van der Waals surface area contributed by atoms with E-state index in [0.717, 1.165) is 22.5 Å². The number of aromatic amines is 1. The SMILES string of the molecule is COc1ccc2[nH]c(=O)n(Cc3ccco3)c2c1. The van der Waals surface area contributed by atoms with Gasteiger partial charge in [-0.1, -0.05) is 0 Å². The van der Waals surface area contributed by atoms with Crippen molar-refractivity contribution in [3.05, 3.63) is 52.8 Å². The zero-order valence-electron chi connectivity index (χ0n) is 9.84. The van der Waals surface area contributed by atoms with Gasteiger partial charge in [-0.15, -0.1) is 0 Å². The molecule has 0 radical (unpaired) electrons. The van der Waals surface area contributed by atoms with Crippen LogP contribution in [0.1, 0.15) is 5.76 Å². The molecule has 2 heterocycles. The largest absolute Gasteiger partial charge is 0.497 e. The lowest BCUT2D eigenvalue weighted by molar-refractivity contribution is 0.415. The number of fused-ring (bicyclic) bond motifs is 1. The number of nitrogens with zero attached hydrogens (tertiary/aromatic N) is 1. The first-order chi connectivity index (χ1) is 8.78. The summed E-state index contributed by atoms with van der Waals surface area (Å²) in [5, 5.41) is 0. The first-order valence-corrected chi connectivity index (χ1v) is 5.57. The maximum Gasteiger partial charge on any atom is 0.326 e. The van der Waals surface area contributed by atoms with Crippen LogP contribution in [0.5, 0.6) is 5.75 Å². The van der Waals surface area contributed by atoms with Crippen LogP contribution in [-0.2, 0) is 6.54 Å². The predicted octanol–water partition coefficient (Wildman–Crippen LogP) is 1.98. The lowest BCUT2D eigenvalue weighted by Gasteiger charge is -2.02. The number of rotatable bonds is 3. The molecule has 1 aromatic carbocycles. The van der Waals surface area contributed by atoms with Crippen LogP contribution >= 0.6 is 0 Å². The number of ether oxygens (including phenoxy) is 1. The average Bonchev–Trinajstić information content (AvgIpc) is 2.99. The van der Waals surface area contributed by atoms with E-state index < -0.39 is 0 Å². The Morgan fingerprint density at radius 1 is 1.39 bits per heavy atom. The Morgan fingerprint density at radius 3 is 3.00 bits per heavy atom. The molecule has 0 aliphatic carbocycles. The van der Waals surface area contributed by atoms with Gasteiger partial charge in [0.1, 0.15) is 11.5 Å². The van der Waals surface area contributed by atoms with Gasteiger partial charge in [-0.05, 0) is 24.3 Å². The summed E-state index contributed by atoms with van der Waals surface area (Å²) in [4.78, 5) is 14.7. The van der Waals surface area contributed by atoms with Crippen molar-refractivity contribution in [2.24, 2.45) is 0 Å². The molecule has 0 atom stereocenters. The zero-order valence-corrected chi connectivity index (χ0v) is 9.84. The smallest absolute Gasteiger partial charge is 0.326 e. The third-order valence-electron chi connectivity index (χ3n) is 2.88. The summed E-state index contributed by atoms with van der Waals surface area (Å²) in [6, 6.07) is 9.11. The van der Waals surface area contributed by atoms with E-state index in [0.29, 0.717) is 6.54 Å². The summed E-state index contributed by atoms with van der Waals surface area (Å²) in [6.07, 6.45) is 1.59. The van der Waals surface area contributed by atoms with Crippen molar-refractivity contribution in [3.8, 4) is 5.75 Å². The molecule has 3 aromatic rings. The van der Waals surface area contributed by atoms with Gasteiger partial charge < -0.3 is 14.1 Å². The van der Waals surface area contributed by atoms with E-state index in [1.807, 2.05) is 24.3 Å². The Hall–Kier alpha value is -2.43. The molecular formula is C13H12N2O3. The van der Waals surface area contributed by atoms with E-state index in [1.165, 1.54) is 0 Å². The number of hydrogen-bond donors (Lipinski definition) is 1. The number of furan rings is 1. The van der Waals surface area contributed by atoms with Crippen molar-refractivity contribution in [2.75, 3.05) is 7.11 Å². The summed E-state index contributed by atoms with van der Waals surface area (Å²) < 4.78 is 12.1. The molecule has 0 unspecified atom stereocenters. The van der Waals surface area contributed by atoms with Crippen molar-refractivity contribution < 1.29 is 9.15 Å². The van der Waals surface area contributed by atoms with Crippen molar-refractivity contribution in [1.29, 1.82) is 0 Å². The standard InChI is InChI=1S/C13H12N2O3/c1-17-9-4-5-11-12(7-9)15(13(16)14-11)8-10-3-2-6-18-10/h2-7H,8H2,1H3,(H,14,16). The molecule has 0 amide bonds. The fourth-order valence-corrected chi connectivity index (χ4v) is 1.97. The Bertz CT molecular complexity index is 722. The monoisotopic (exact) mass is 244 g/mol. The quantitative estimate of drug-likeness (QED) is 0.766. The number of H-pyrrole nitrogens is 1. The summed E-state index contributed by atoms with van der Waals surface area (Å²) in [6.45, 7) is 0.402. The van der Waals surface area contributed by atoms with Gasteiger partial charge in [0.25, 0.3) is 0 Å². The molecule has 0 spiro atoms. The molecule has 0 fully saturated rings. The van der Waals surface area contributed by atoms with E-state index in [1.54, 1.807) is 24.0 Å². The van der Waals surface area contributed by atoms with Gasteiger partial charge in [-0.25, -0.2) is 4.79 Å². The predicted molar refractivity (Wildman–Crippen MR) is 66.9 cm³/mol. The highest BCUT2D eigenvalue weighted by molar-refractivity contribution is 5.77. The molecular weight excluding hydrogens is 232 g/mol. The van der Waals surface area contributed by atoms with Gasteiger partial charge in [-0.3, -0.25) is 4.57 Å². The number of methoxy groups -OCH3 is 1. The van der Waals surface area contributed by atoms with Crippen LogP contribution in [0.15, 0.2) is 45.8 Å². The van der Waals surface area contributed by atoms with Crippen LogP contribution in [0.25, 0.3) is 11.0 Å². The second-order valence-electron chi connectivity index (χ2n) is 3.98. The second kappa shape index (κ2) is 4.10. The van der Waals surface area contributed by atoms with Gasteiger partial charge in [0.05, 0.1) is 31.0 Å². The van der Waals surface area contributed by atoms with Crippen LogP contribution in [0.4, 0.5) is 0 Å². The fraction of sp³-hybridized carbons (Fsp3) is 0.154. The number of imidazole rings is 1. The minimum atomic E-state index is -0.158. The average molecular weight is 244 g/mol. The molecule has 0 saturated heterocycles. The molecule has 2 aromatic heterocycles. The topological polar surface area (TPSA) is 60.2 Å². The van der Waals surface area contributed by atoms with E-state index in [2.05, 4.69) is 4.98 Å². The molecule has 0 aliphatic rings. The van der Waals surface area contributed by atoms with Crippen LogP contribution in [0.2, 0.25) is 0 Å². The maximum atomic E-state index is 11.9. The third-order valence-corrected chi connectivity index (χ3v) is 2.88. The van der Waals surface area contributed by atoms with Crippen molar-refractivity contribution >= 4 is 11.0 Å². The molecule has 92 valence electrons. The Morgan fingerprint density at radius 2 is 2.28 bits per heavy atom. The van der Waals surface area contributed by atoms with Crippen LogP contribution < -0.4 is 10.4 Å². The highest BCUT2D eigenvalue weighted by atomic mass is 16.5. The Kier molecular flexibility index (Phi) is 2.44. The molecule has 0 aliphatic heterocycles. The summed E-state index contributed by atoms with van der Waals surface area (Å²) in [5.41, 5.74) is 1.43. The van der Waals surface area contributed by atoms with Crippen molar-refractivity contribution in [2.45, 2.75) is 6.54 Å². The Balaban J connectivity index is 2.14. The number of benzene rings is 1. The lowest BCUT2D eigenvalue weighted by atomic mass is 10.3. The van der Waals surface area contributed by atoms with Crippen molar-refractivity contribution in [1.82, 2.24) is 9.55 Å². The molecule has 5 nitrogen and oxygen atoms in total. The van der Waals surface area contributed by atoms with E-state index >= 15 is 0 Å². The van der Waals surface area contributed by atoms with Gasteiger partial charge >= 0.3 is 5.69 Å². The van der Waals surface area contributed by atoms with Crippen LogP contribution in [-0.4, -0.2) is 16.7 Å². The van der Waals surface area contributed by atoms with Crippen molar-refractivity contribution in [3.63, 3.8) is 0 Å². The van der Waals surface area contributed by atoms with Gasteiger partial charge in [0, 0.05) is 6.07 Å². The number of nitrogens with one attached hydrogen (secondary N) is 1. The lowest BCUT2D eigenvalue weighted by Crippen LogP contribution is -2.16. The van der Waals surface area contributed by atoms with Crippen LogP contribution in [0, 0.1) is 0 Å². The van der Waals surface area contributed by atoms with Gasteiger partial charge in [0.15, 0.2) is 0 Å². The van der Waals surface area contributed by atoms with E-state index in [9.17, 15) is 4.79 Å². The molecule has 18 heavy (non-hydrogen) atoms. The van der Waals surface area contributed by atoms with Crippen LogP contribution in [0.3, 0.4) is 0 Å². The first-order valence-electron chi connectivity index (χ1n) is 5.57. The molecule has 3 rings (SSSR count). The Labute approximate surface area is 103 Å². The van der Waals surface area contributed by atoms with E-state index in [4.69, 9.17) is 9.15 Å². The highest BCUT2D eigenvalue weighted by Crippen LogP contribution is 2.19. The summed E-state index contributed by atoms with van der Waals surface area (Å²) in [5.74, 6) is 1.45. The summed E-state index contributed by atoms with van der Waals surface area (Å²) in [7, 11) is 1.60. The normalized spacial score (nSPS) is 10.9. The minimum absolute atomic E-state index is 0.158. The summed E-state index contributed by atoms with van der Waals surface area (Å²) >= 11 is 0. The zero-order chi connectivity index (χ0) is 12.5. The second-order valence-corrected chi connectivity index (χ2v) is 3.98. The van der Waals surface area contributed by atoms with E-state index in [-0.39, 0.29) is 5.69 Å². The number of hydrogen-bond acceptors (Lipinski definition) is 3. The molecule has 5 heteroatoms. The number of aromatic nitrogens is 2. The maximum absolute atomic E-state index is 11.9. The molecule has 0 bridgehead atoms. The minimum Gasteiger partial charge on any atom is -0.497 e. The highest BCUT2D eigenvalue weighted by Gasteiger charge is 2.09. The molecule has 1 N–H and O–H groups in total. The van der Waals surface area contributed by atoms with Gasteiger partial charge in [0.2, 0.25) is 0 Å².